The predicted molar refractivity (Wildman–Crippen MR) is 88.9 cm³/mol. The maximum Gasteiger partial charge on any atom is 0.0462 e. The Labute approximate surface area is 131 Å². The fourth-order valence-electron chi connectivity index (χ4n) is 5.91. The topological polar surface area (TPSA) is 20.2 Å². The summed E-state index contributed by atoms with van der Waals surface area (Å²) in [6.45, 7) is 14.1. The zero-order valence-electron chi connectivity index (χ0n) is 14.5. The van der Waals surface area contributed by atoms with Crippen LogP contribution in [0, 0.1) is 40.4 Å². The highest BCUT2D eigenvalue weighted by Crippen LogP contribution is 2.61. The molecule has 5 atom stereocenters. The first-order valence-corrected chi connectivity index (χ1v) is 9.07. The Morgan fingerprint density at radius 2 is 1.67 bits per heavy atom. The Balaban J connectivity index is 0.000000126. The van der Waals surface area contributed by atoms with E-state index in [1.807, 2.05) is 0 Å². The fraction of sp³-hybridized carbons (Fsp3) is 0.900. The van der Waals surface area contributed by atoms with Gasteiger partial charge in [0.15, 0.2) is 0 Å². The van der Waals surface area contributed by atoms with Crippen molar-refractivity contribution in [2.75, 3.05) is 6.61 Å². The van der Waals surface area contributed by atoms with Gasteiger partial charge in [-0.15, -0.1) is 0 Å². The molecule has 0 heterocycles. The SMILES string of the molecule is C=C1CC[C@H]2C[C@@H]1C2(C)C.CC1(C)[C@H]2CC[C@@H](CO)[C@@H]1C2. The molecular weight excluding hydrogens is 256 g/mol. The van der Waals surface area contributed by atoms with E-state index in [9.17, 15) is 0 Å². The summed E-state index contributed by atoms with van der Waals surface area (Å²) in [5.74, 6) is 4.30. The lowest BCUT2D eigenvalue weighted by Crippen LogP contribution is -2.53. The Hall–Kier alpha value is -0.300. The van der Waals surface area contributed by atoms with Crippen LogP contribution in [0.25, 0.3) is 0 Å². The molecule has 6 aliphatic carbocycles. The Morgan fingerprint density at radius 3 is 2.00 bits per heavy atom. The zero-order chi connectivity index (χ0) is 15.4. The van der Waals surface area contributed by atoms with Gasteiger partial charge in [0.1, 0.15) is 0 Å². The second-order valence-electron chi connectivity index (χ2n) is 9.38. The highest BCUT2D eigenvalue weighted by Gasteiger charge is 2.53. The standard InChI is InChI=1S/C10H18O.C10H16/c1-10(2)8-4-3-7(6-11)9(10)5-8;1-7-4-5-8-6-9(7)10(8,2)3/h7-9,11H,3-6H2,1-2H3;8-9H,1,4-6H2,2-3H3/t7-,8-,9-;8-,9-/m00/s1. The second kappa shape index (κ2) is 5.11. The van der Waals surface area contributed by atoms with Crippen LogP contribution in [0.1, 0.15) is 66.2 Å². The Kier molecular flexibility index (Phi) is 3.80. The minimum atomic E-state index is 0.417. The van der Waals surface area contributed by atoms with Crippen molar-refractivity contribution in [2.24, 2.45) is 40.4 Å². The molecule has 1 heteroatoms. The van der Waals surface area contributed by atoms with Crippen molar-refractivity contribution < 1.29 is 5.11 Å². The number of aliphatic hydroxyl groups excluding tert-OH is 1. The van der Waals surface area contributed by atoms with Gasteiger partial charge in [-0.1, -0.05) is 39.8 Å². The molecule has 0 spiro atoms. The van der Waals surface area contributed by atoms with Crippen LogP contribution in [0.4, 0.5) is 0 Å². The van der Waals surface area contributed by atoms with Crippen LogP contribution in [-0.2, 0) is 0 Å². The smallest absolute Gasteiger partial charge is 0.0462 e. The third-order valence-corrected chi connectivity index (χ3v) is 8.01. The first-order valence-electron chi connectivity index (χ1n) is 9.07. The van der Waals surface area contributed by atoms with E-state index >= 15 is 0 Å². The average Bonchev–Trinajstić information content (AvgIpc) is 2.47. The largest absolute Gasteiger partial charge is 0.396 e. The number of allylic oxidation sites excluding steroid dienone is 1. The molecule has 4 bridgehead atoms. The van der Waals surface area contributed by atoms with E-state index in [1.165, 1.54) is 44.1 Å². The Morgan fingerprint density at radius 1 is 1.00 bits per heavy atom. The monoisotopic (exact) mass is 290 g/mol. The Bertz CT molecular complexity index is 416. The van der Waals surface area contributed by atoms with Gasteiger partial charge in [0.05, 0.1) is 0 Å². The minimum absolute atomic E-state index is 0.417. The van der Waals surface area contributed by atoms with Crippen LogP contribution in [0.3, 0.4) is 0 Å². The summed E-state index contributed by atoms with van der Waals surface area (Å²) in [6.07, 6.45) is 8.16. The first-order chi connectivity index (χ1) is 9.78. The lowest BCUT2D eigenvalue weighted by Gasteiger charge is -2.59. The van der Waals surface area contributed by atoms with E-state index < -0.39 is 0 Å². The van der Waals surface area contributed by atoms with E-state index in [0.717, 1.165) is 23.7 Å². The second-order valence-corrected chi connectivity index (χ2v) is 9.38. The van der Waals surface area contributed by atoms with Crippen molar-refractivity contribution in [1.29, 1.82) is 0 Å². The lowest BCUT2D eigenvalue weighted by molar-refractivity contribution is -0.116. The molecule has 6 fully saturated rings. The van der Waals surface area contributed by atoms with Gasteiger partial charge in [0, 0.05) is 6.61 Å². The molecule has 6 aliphatic rings. The van der Waals surface area contributed by atoms with Crippen molar-refractivity contribution in [3.05, 3.63) is 12.2 Å². The molecule has 0 aromatic rings. The van der Waals surface area contributed by atoms with Crippen LogP contribution >= 0.6 is 0 Å². The van der Waals surface area contributed by atoms with Crippen molar-refractivity contribution in [2.45, 2.75) is 66.2 Å². The van der Waals surface area contributed by atoms with Gasteiger partial charge in [-0.25, -0.2) is 0 Å². The highest BCUT2D eigenvalue weighted by molar-refractivity contribution is 5.18. The maximum atomic E-state index is 9.12. The summed E-state index contributed by atoms with van der Waals surface area (Å²) >= 11 is 0. The van der Waals surface area contributed by atoms with E-state index in [1.54, 1.807) is 0 Å². The molecule has 0 radical (unpaired) electrons. The summed E-state index contributed by atoms with van der Waals surface area (Å²) in [7, 11) is 0. The normalized spacial score (nSPS) is 44.8. The average molecular weight is 290 g/mol. The summed E-state index contributed by atoms with van der Waals surface area (Å²) in [5.41, 5.74) is 2.67. The molecular formula is C20H34O. The highest BCUT2D eigenvalue weighted by atomic mass is 16.3. The number of fused-ring (bicyclic) bond motifs is 4. The molecule has 1 nitrogen and oxygen atoms in total. The zero-order valence-corrected chi connectivity index (χ0v) is 14.5. The quantitative estimate of drug-likeness (QED) is 0.670. The van der Waals surface area contributed by atoms with Gasteiger partial charge in [-0.05, 0) is 78.9 Å². The van der Waals surface area contributed by atoms with E-state index in [4.69, 9.17) is 5.11 Å². The molecule has 6 rings (SSSR count). The maximum absolute atomic E-state index is 9.12. The van der Waals surface area contributed by atoms with Gasteiger partial charge >= 0.3 is 0 Å². The van der Waals surface area contributed by atoms with Gasteiger partial charge in [-0.3, -0.25) is 0 Å². The molecule has 21 heavy (non-hydrogen) atoms. The molecule has 1 N–H and O–H groups in total. The van der Waals surface area contributed by atoms with Crippen LogP contribution in [0.5, 0.6) is 0 Å². The van der Waals surface area contributed by atoms with E-state index in [-0.39, 0.29) is 0 Å². The molecule has 0 amide bonds. The summed E-state index contributed by atoms with van der Waals surface area (Å²) in [6, 6.07) is 0. The van der Waals surface area contributed by atoms with Crippen molar-refractivity contribution in [3.63, 3.8) is 0 Å². The molecule has 0 unspecified atom stereocenters. The van der Waals surface area contributed by atoms with E-state index in [0.29, 0.717) is 23.4 Å². The molecule has 0 aliphatic heterocycles. The summed E-state index contributed by atoms with van der Waals surface area (Å²) in [5, 5.41) is 9.12. The lowest BCUT2D eigenvalue weighted by atomic mass is 9.46. The minimum Gasteiger partial charge on any atom is -0.396 e. The van der Waals surface area contributed by atoms with Crippen LogP contribution in [0.15, 0.2) is 12.2 Å². The molecule has 0 saturated heterocycles. The van der Waals surface area contributed by atoms with Gasteiger partial charge < -0.3 is 5.11 Å². The summed E-state index contributed by atoms with van der Waals surface area (Å²) in [4.78, 5) is 0. The first kappa shape index (κ1) is 15.6. The molecule has 120 valence electrons. The van der Waals surface area contributed by atoms with Gasteiger partial charge in [-0.2, -0.15) is 0 Å². The van der Waals surface area contributed by atoms with Crippen molar-refractivity contribution >= 4 is 0 Å². The van der Waals surface area contributed by atoms with Crippen LogP contribution in [-0.4, -0.2) is 11.7 Å². The van der Waals surface area contributed by atoms with Crippen LogP contribution < -0.4 is 0 Å². The summed E-state index contributed by atoms with van der Waals surface area (Å²) < 4.78 is 0. The third kappa shape index (κ3) is 2.31. The molecule has 6 saturated carbocycles. The van der Waals surface area contributed by atoms with Crippen molar-refractivity contribution in [1.82, 2.24) is 0 Å². The number of rotatable bonds is 1. The molecule has 0 aromatic heterocycles. The molecule has 0 aromatic carbocycles. The van der Waals surface area contributed by atoms with Gasteiger partial charge in [0.2, 0.25) is 0 Å². The van der Waals surface area contributed by atoms with Crippen LogP contribution in [0.2, 0.25) is 0 Å². The number of aliphatic hydroxyl groups is 1. The van der Waals surface area contributed by atoms with E-state index in [2.05, 4.69) is 34.3 Å². The number of hydrogen-bond donors (Lipinski definition) is 1. The van der Waals surface area contributed by atoms with Crippen molar-refractivity contribution in [3.8, 4) is 0 Å². The fourth-order valence-corrected chi connectivity index (χ4v) is 5.91. The predicted octanol–water partition coefficient (Wildman–Crippen LogP) is 5.05. The van der Waals surface area contributed by atoms with Gasteiger partial charge in [0.25, 0.3) is 0 Å². The third-order valence-electron chi connectivity index (χ3n) is 8.01. The number of hydrogen-bond acceptors (Lipinski definition) is 1.